The van der Waals surface area contributed by atoms with Crippen molar-refractivity contribution in [3.63, 3.8) is 0 Å². The zero-order valence-corrected chi connectivity index (χ0v) is 20.4. The van der Waals surface area contributed by atoms with E-state index < -0.39 is 12.0 Å². The van der Waals surface area contributed by atoms with E-state index in [4.69, 9.17) is 9.73 Å². The maximum atomic E-state index is 13.7. The molecule has 1 aliphatic heterocycles. The lowest BCUT2D eigenvalue weighted by Crippen LogP contribution is -2.39. The van der Waals surface area contributed by atoms with Gasteiger partial charge in [0, 0.05) is 10.4 Å². The number of hydrogen-bond acceptors (Lipinski definition) is 6. The minimum absolute atomic E-state index is 0.167. The standard InChI is InChI=1S/C27H22N2O3S2/c1-3-32-26(31)22-23(18-10-6-4-7-11-18)28-27-29(24(22)19-12-8-5-9-13-19)25(30)21(34-27)16-20-17(2)14-15-33-20/h4-16,24H,3H2,1-2H3/b21-16-/t24-/m1/s1. The highest BCUT2D eigenvalue weighted by molar-refractivity contribution is 7.11. The molecule has 5 nitrogen and oxygen atoms in total. The summed E-state index contributed by atoms with van der Waals surface area (Å²) >= 11 is 2.93. The predicted molar refractivity (Wildman–Crippen MR) is 137 cm³/mol. The summed E-state index contributed by atoms with van der Waals surface area (Å²) in [5.41, 5.74) is 3.48. The van der Waals surface area contributed by atoms with Crippen LogP contribution >= 0.6 is 22.7 Å². The highest BCUT2D eigenvalue weighted by atomic mass is 32.1. The van der Waals surface area contributed by atoms with Crippen molar-refractivity contribution < 1.29 is 9.53 Å². The molecule has 4 aromatic rings. The van der Waals surface area contributed by atoms with Crippen LogP contribution in [0, 0.1) is 6.92 Å². The first-order valence-electron chi connectivity index (χ1n) is 11.0. The Balaban J connectivity index is 1.85. The molecular weight excluding hydrogens is 464 g/mol. The first kappa shape index (κ1) is 22.3. The molecular formula is C27H22N2O3S2. The molecule has 0 N–H and O–H groups in total. The SMILES string of the molecule is CCOC(=O)C1=C(c2ccccc2)N=c2s/c(=C\c3sccc3C)c(=O)n2[C@@H]1c1ccccc1. The number of esters is 1. The number of rotatable bonds is 5. The number of aryl methyl sites for hydroxylation is 1. The Morgan fingerprint density at radius 3 is 2.44 bits per heavy atom. The lowest BCUT2D eigenvalue weighted by atomic mass is 9.93. The third-order valence-electron chi connectivity index (χ3n) is 5.65. The topological polar surface area (TPSA) is 60.7 Å². The largest absolute Gasteiger partial charge is 0.463 e. The number of thiazole rings is 1. The van der Waals surface area contributed by atoms with Gasteiger partial charge in [-0.2, -0.15) is 0 Å². The van der Waals surface area contributed by atoms with E-state index >= 15 is 0 Å². The normalized spacial score (nSPS) is 15.7. The van der Waals surface area contributed by atoms with Gasteiger partial charge < -0.3 is 4.74 Å². The molecule has 0 saturated heterocycles. The summed E-state index contributed by atoms with van der Waals surface area (Å²) < 4.78 is 7.69. The summed E-state index contributed by atoms with van der Waals surface area (Å²) in [5.74, 6) is -0.470. The molecule has 34 heavy (non-hydrogen) atoms. The molecule has 2 aromatic carbocycles. The Kier molecular flexibility index (Phi) is 6.13. The van der Waals surface area contributed by atoms with Crippen LogP contribution in [0.1, 0.15) is 34.5 Å². The van der Waals surface area contributed by atoms with E-state index in [1.165, 1.54) is 11.3 Å². The summed E-state index contributed by atoms with van der Waals surface area (Å²) in [6, 6.07) is 20.6. The van der Waals surface area contributed by atoms with Gasteiger partial charge in [-0.25, -0.2) is 9.79 Å². The molecule has 0 fully saturated rings. The molecule has 0 saturated carbocycles. The van der Waals surface area contributed by atoms with Gasteiger partial charge in [0.05, 0.1) is 28.5 Å². The zero-order valence-electron chi connectivity index (χ0n) is 18.7. The molecule has 0 radical (unpaired) electrons. The molecule has 2 aromatic heterocycles. The van der Waals surface area contributed by atoms with Gasteiger partial charge in [0.25, 0.3) is 5.56 Å². The van der Waals surface area contributed by atoms with Gasteiger partial charge in [0.2, 0.25) is 0 Å². The van der Waals surface area contributed by atoms with E-state index in [1.54, 1.807) is 22.8 Å². The second-order valence-electron chi connectivity index (χ2n) is 7.81. The van der Waals surface area contributed by atoms with Gasteiger partial charge in [-0.15, -0.1) is 11.3 Å². The van der Waals surface area contributed by atoms with Gasteiger partial charge in [-0.3, -0.25) is 9.36 Å². The average Bonchev–Trinajstić information content (AvgIpc) is 3.41. The monoisotopic (exact) mass is 486 g/mol. The van der Waals surface area contributed by atoms with Crippen LogP contribution in [0.25, 0.3) is 11.8 Å². The van der Waals surface area contributed by atoms with Crippen LogP contribution in [-0.2, 0) is 9.53 Å². The Hall–Kier alpha value is -3.55. The van der Waals surface area contributed by atoms with E-state index in [2.05, 4.69) is 0 Å². The van der Waals surface area contributed by atoms with Crippen LogP contribution in [0.4, 0.5) is 0 Å². The Labute approximate surface area is 204 Å². The van der Waals surface area contributed by atoms with Crippen LogP contribution in [0.5, 0.6) is 0 Å². The number of nitrogens with zero attached hydrogens (tertiary/aromatic N) is 2. The molecule has 0 unspecified atom stereocenters. The molecule has 170 valence electrons. The first-order chi connectivity index (χ1) is 16.6. The smallest absolute Gasteiger partial charge is 0.338 e. The van der Waals surface area contributed by atoms with E-state index in [9.17, 15) is 9.59 Å². The first-order valence-corrected chi connectivity index (χ1v) is 12.7. The average molecular weight is 487 g/mol. The molecule has 0 amide bonds. The molecule has 3 heterocycles. The van der Waals surface area contributed by atoms with E-state index in [0.29, 0.717) is 20.6 Å². The van der Waals surface area contributed by atoms with Crippen molar-refractivity contribution in [3.05, 3.63) is 119 Å². The fourth-order valence-corrected chi connectivity index (χ4v) is 5.96. The van der Waals surface area contributed by atoms with E-state index in [-0.39, 0.29) is 12.2 Å². The number of ether oxygens (including phenoxy) is 1. The predicted octanol–water partition coefficient (Wildman–Crippen LogP) is 4.31. The fraction of sp³-hybridized carbons (Fsp3) is 0.148. The lowest BCUT2D eigenvalue weighted by Gasteiger charge is -2.25. The van der Waals surface area contributed by atoms with Crippen molar-refractivity contribution in [2.45, 2.75) is 19.9 Å². The van der Waals surface area contributed by atoms with Crippen molar-refractivity contribution in [1.82, 2.24) is 4.57 Å². The summed E-state index contributed by atoms with van der Waals surface area (Å²) in [5, 5.41) is 2.01. The lowest BCUT2D eigenvalue weighted by molar-refractivity contribution is -0.138. The van der Waals surface area contributed by atoms with Gasteiger partial charge in [-0.1, -0.05) is 72.0 Å². The maximum Gasteiger partial charge on any atom is 0.338 e. The molecule has 1 aliphatic rings. The summed E-state index contributed by atoms with van der Waals surface area (Å²) in [6.45, 7) is 4.03. The Morgan fingerprint density at radius 1 is 1.09 bits per heavy atom. The van der Waals surface area contributed by atoms with Gasteiger partial charge in [0.1, 0.15) is 0 Å². The number of benzene rings is 2. The second kappa shape index (κ2) is 9.37. The molecule has 5 rings (SSSR count). The summed E-state index contributed by atoms with van der Waals surface area (Å²) in [7, 11) is 0. The second-order valence-corrected chi connectivity index (χ2v) is 9.77. The third-order valence-corrected chi connectivity index (χ3v) is 7.60. The maximum absolute atomic E-state index is 13.7. The van der Waals surface area contributed by atoms with Crippen molar-refractivity contribution in [1.29, 1.82) is 0 Å². The minimum atomic E-state index is -0.640. The molecule has 0 aliphatic carbocycles. The van der Waals surface area contributed by atoms with Crippen molar-refractivity contribution in [2.24, 2.45) is 4.99 Å². The summed E-state index contributed by atoms with van der Waals surface area (Å²) in [6.07, 6.45) is 1.92. The van der Waals surface area contributed by atoms with Crippen molar-refractivity contribution in [2.75, 3.05) is 6.61 Å². The van der Waals surface area contributed by atoms with Gasteiger partial charge >= 0.3 is 5.97 Å². The number of carbonyl (C=O) groups is 1. The number of hydrogen-bond donors (Lipinski definition) is 0. The van der Waals surface area contributed by atoms with Gasteiger partial charge in [-0.05, 0) is 42.5 Å². The Morgan fingerprint density at radius 2 is 1.79 bits per heavy atom. The van der Waals surface area contributed by atoms with E-state index in [0.717, 1.165) is 21.6 Å². The number of aromatic nitrogens is 1. The quantitative estimate of drug-likeness (QED) is 0.395. The van der Waals surface area contributed by atoms with Crippen molar-refractivity contribution >= 4 is 40.4 Å². The molecule has 7 heteroatoms. The highest BCUT2D eigenvalue weighted by Crippen LogP contribution is 2.35. The zero-order chi connectivity index (χ0) is 23.7. The third kappa shape index (κ3) is 3.97. The highest BCUT2D eigenvalue weighted by Gasteiger charge is 2.35. The molecule has 0 bridgehead atoms. The summed E-state index contributed by atoms with van der Waals surface area (Å²) in [4.78, 5) is 33.5. The molecule has 1 atom stereocenters. The van der Waals surface area contributed by atoms with Gasteiger partial charge in [0.15, 0.2) is 4.80 Å². The number of fused-ring (bicyclic) bond motifs is 1. The van der Waals surface area contributed by atoms with Crippen LogP contribution < -0.4 is 14.9 Å². The van der Waals surface area contributed by atoms with E-state index in [1.807, 2.05) is 85.1 Å². The van der Waals surface area contributed by atoms with Crippen molar-refractivity contribution in [3.8, 4) is 0 Å². The number of thiophene rings is 1. The van der Waals surface area contributed by atoms with Crippen LogP contribution in [0.2, 0.25) is 0 Å². The number of carbonyl (C=O) groups excluding carboxylic acids is 1. The minimum Gasteiger partial charge on any atom is -0.463 e. The van der Waals surface area contributed by atoms with Crippen LogP contribution in [0.3, 0.4) is 0 Å². The van der Waals surface area contributed by atoms with Crippen LogP contribution in [0.15, 0.2) is 87.5 Å². The Bertz CT molecular complexity index is 1560. The fourth-order valence-electron chi connectivity index (χ4n) is 4.04. The van der Waals surface area contributed by atoms with Crippen LogP contribution in [-0.4, -0.2) is 17.1 Å². The molecule has 0 spiro atoms.